The van der Waals surface area contributed by atoms with Gasteiger partial charge < -0.3 is 10.4 Å². The predicted molar refractivity (Wildman–Crippen MR) is 75.4 cm³/mol. The van der Waals surface area contributed by atoms with Gasteiger partial charge in [0.1, 0.15) is 5.82 Å². The third kappa shape index (κ3) is 2.42. The molecular formula is C15H13ClFNO3. The molecule has 0 aromatic heterocycles. The zero-order valence-corrected chi connectivity index (χ0v) is 11.7. The van der Waals surface area contributed by atoms with Crippen LogP contribution in [0.2, 0.25) is 5.02 Å². The van der Waals surface area contributed by atoms with Gasteiger partial charge in [-0.2, -0.15) is 0 Å². The van der Waals surface area contributed by atoms with Gasteiger partial charge in [0.15, 0.2) is 0 Å². The van der Waals surface area contributed by atoms with Crippen LogP contribution in [0.1, 0.15) is 6.42 Å². The molecule has 1 saturated carbocycles. The van der Waals surface area contributed by atoms with Crippen LogP contribution in [0, 0.1) is 29.5 Å². The molecule has 1 amide bonds. The van der Waals surface area contributed by atoms with E-state index in [1.165, 1.54) is 12.1 Å². The fraction of sp³-hybridized carbons (Fsp3) is 0.333. The number of carboxylic acid groups (broad SMARTS) is 1. The van der Waals surface area contributed by atoms with E-state index in [9.17, 15) is 19.1 Å². The molecule has 4 atom stereocenters. The number of carboxylic acids is 1. The number of fused-ring (bicyclic) bond motifs is 2. The fourth-order valence-corrected chi connectivity index (χ4v) is 3.50. The van der Waals surface area contributed by atoms with Crippen molar-refractivity contribution in [3.05, 3.63) is 41.2 Å². The second-order valence-electron chi connectivity index (χ2n) is 5.45. The lowest BCUT2D eigenvalue weighted by molar-refractivity contribution is -0.146. The van der Waals surface area contributed by atoms with Gasteiger partial charge in [-0.25, -0.2) is 4.39 Å². The molecule has 6 heteroatoms. The van der Waals surface area contributed by atoms with Gasteiger partial charge in [-0.1, -0.05) is 23.8 Å². The van der Waals surface area contributed by atoms with E-state index in [1.54, 1.807) is 0 Å². The molecular weight excluding hydrogens is 297 g/mol. The Labute approximate surface area is 125 Å². The first-order valence-electron chi connectivity index (χ1n) is 6.64. The van der Waals surface area contributed by atoms with E-state index in [0.29, 0.717) is 11.4 Å². The van der Waals surface area contributed by atoms with Gasteiger partial charge in [0.25, 0.3) is 0 Å². The van der Waals surface area contributed by atoms with Gasteiger partial charge >= 0.3 is 5.97 Å². The Morgan fingerprint density at radius 2 is 1.90 bits per heavy atom. The highest BCUT2D eigenvalue weighted by Gasteiger charge is 2.51. The van der Waals surface area contributed by atoms with Crippen LogP contribution < -0.4 is 5.32 Å². The number of allylic oxidation sites excluding steroid dienone is 2. The second-order valence-corrected chi connectivity index (χ2v) is 5.89. The molecule has 0 heterocycles. The molecule has 2 unspecified atom stereocenters. The summed E-state index contributed by atoms with van der Waals surface area (Å²) in [7, 11) is 0. The normalized spacial score (nSPS) is 29.6. The molecule has 2 N–H and O–H groups in total. The molecule has 21 heavy (non-hydrogen) atoms. The smallest absolute Gasteiger partial charge is 0.307 e. The minimum atomic E-state index is -0.987. The molecule has 3 rings (SSSR count). The summed E-state index contributed by atoms with van der Waals surface area (Å²) in [6.45, 7) is 0. The van der Waals surface area contributed by atoms with Gasteiger partial charge in [-0.3, -0.25) is 9.59 Å². The topological polar surface area (TPSA) is 66.4 Å². The SMILES string of the molecule is O=C(O)[C@@H]1C2C=CC(C2)[C@@H]1C(=O)Nc1cc(Cl)ccc1F. The van der Waals surface area contributed by atoms with E-state index >= 15 is 0 Å². The van der Waals surface area contributed by atoms with Crippen LogP contribution in [0.15, 0.2) is 30.4 Å². The van der Waals surface area contributed by atoms with Crippen LogP contribution in [-0.4, -0.2) is 17.0 Å². The van der Waals surface area contributed by atoms with Crippen LogP contribution in [0.25, 0.3) is 0 Å². The number of hydrogen-bond acceptors (Lipinski definition) is 2. The van der Waals surface area contributed by atoms with E-state index in [0.717, 1.165) is 6.07 Å². The van der Waals surface area contributed by atoms with Gasteiger partial charge in [0, 0.05) is 5.02 Å². The third-order valence-electron chi connectivity index (χ3n) is 4.23. The van der Waals surface area contributed by atoms with Crippen molar-refractivity contribution in [1.82, 2.24) is 0 Å². The molecule has 0 radical (unpaired) electrons. The highest BCUT2D eigenvalue weighted by Crippen LogP contribution is 2.48. The first-order valence-corrected chi connectivity index (χ1v) is 7.02. The van der Waals surface area contributed by atoms with Gasteiger partial charge in [-0.15, -0.1) is 0 Å². The first kappa shape index (κ1) is 14.1. The van der Waals surface area contributed by atoms with Crippen LogP contribution >= 0.6 is 11.6 Å². The fourth-order valence-electron chi connectivity index (χ4n) is 3.33. The maximum Gasteiger partial charge on any atom is 0.307 e. The van der Waals surface area contributed by atoms with Crippen LogP contribution in [0.5, 0.6) is 0 Å². The molecule has 0 aliphatic heterocycles. The second kappa shape index (κ2) is 5.15. The number of nitrogens with one attached hydrogen (secondary N) is 1. The molecule has 0 spiro atoms. The summed E-state index contributed by atoms with van der Waals surface area (Å²) in [6, 6.07) is 3.85. The predicted octanol–water partition coefficient (Wildman–Crippen LogP) is 2.94. The van der Waals surface area contributed by atoms with Gasteiger partial charge in [-0.05, 0) is 36.5 Å². The Balaban J connectivity index is 1.83. The van der Waals surface area contributed by atoms with E-state index < -0.39 is 29.5 Å². The van der Waals surface area contributed by atoms with Crippen molar-refractivity contribution in [2.45, 2.75) is 6.42 Å². The summed E-state index contributed by atoms with van der Waals surface area (Å²) < 4.78 is 13.7. The molecule has 2 aliphatic carbocycles. The van der Waals surface area contributed by atoms with Gasteiger partial charge in [0.05, 0.1) is 17.5 Å². The highest BCUT2D eigenvalue weighted by molar-refractivity contribution is 6.30. The van der Waals surface area contributed by atoms with Crippen molar-refractivity contribution in [1.29, 1.82) is 0 Å². The van der Waals surface area contributed by atoms with Crippen molar-refractivity contribution in [2.24, 2.45) is 23.7 Å². The Morgan fingerprint density at radius 3 is 2.57 bits per heavy atom. The van der Waals surface area contributed by atoms with Crippen molar-refractivity contribution < 1.29 is 19.1 Å². The maximum atomic E-state index is 13.7. The molecule has 2 aliphatic rings. The molecule has 1 fully saturated rings. The Morgan fingerprint density at radius 1 is 1.24 bits per heavy atom. The lowest BCUT2D eigenvalue weighted by Crippen LogP contribution is -2.36. The largest absolute Gasteiger partial charge is 0.481 e. The zero-order valence-electron chi connectivity index (χ0n) is 10.9. The van der Waals surface area contributed by atoms with Crippen LogP contribution in [0.3, 0.4) is 0 Å². The van der Waals surface area contributed by atoms with Crippen molar-refractivity contribution in [3.63, 3.8) is 0 Å². The molecule has 1 aromatic carbocycles. The number of aliphatic carboxylic acids is 1. The maximum absolute atomic E-state index is 13.7. The van der Waals surface area contributed by atoms with Gasteiger partial charge in [0.2, 0.25) is 5.91 Å². The van der Waals surface area contributed by atoms with E-state index in [4.69, 9.17) is 11.6 Å². The Bertz CT molecular complexity index is 646. The molecule has 1 aromatic rings. The standard InChI is InChI=1S/C15H13ClFNO3/c16-9-3-4-10(17)11(6-9)18-14(19)12-7-1-2-8(5-7)13(12)15(20)21/h1-4,6-8,12-13H,5H2,(H,18,19)(H,20,21)/t7?,8?,12-,13+/m0/s1. The number of rotatable bonds is 3. The summed E-state index contributed by atoms with van der Waals surface area (Å²) in [5.41, 5.74) is -0.0246. The van der Waals surface area contributed by atoms with E-state index in [1.807, 2.05) is 12.2 Å². The molecule has 2 bridgehead atoms. The summed E-state index contributed by atoms with van der Waals surface area (Å²) in [5.74, 6) is -3.69. The van der Waals surface area contributed by atoms with Crippen LogP contribution in [0.4, 0.5) is 10.1 Å². The van der Waals surface area contributed by atoms with Crippen molar-refractivity contribution in [2.75, 3.05) is 5.32 Å². The minimum Gasteiger partial charge on any atom is -0.481 e. The summed E-state index contributed by atoms with van der Waals surface area (Å²) in [6.07, 6.45) is 4.39. The monoisotopic (exact) mass is 309 g/mol. The van der Waals surface area contributed by atoms with Crippen LogP contribution in [-0.2, 0) is 9.59 Å². The minimum absolute atomic E-state index is 0.0246. The molecule has 110 valence electrons. The Kier molecular flexibility index (Phi) is 3.45. The third-order valence-corrected chi connectivity index (χ3v) is 4.47. The number of carbonyl (C=O) groups is 2. The Hall–Kier alpha value is -1.88. The molecule has 4 nitrogen and oxygen atoms in total. The first-order chi connectivity index (χ1) is 9.97. The van der Waals surface area contributed by atoms with Crippen molar-refractivity contribution >= 4 is 29.2 Å². The summed E-state index contributed by atoms with van der Waals surface area (Å²) in [5, 5.41) is 12.1. The summed E-state index contributed by atoms with van der Waals surface area (Å²) >= 11 is 5.78. The van der Waals surface area contributed by atoms with E-state index in [2.05, 4.69) is 5.32 Å². The lowest BCUT2D eigenvalue weighted by Gasteiger charge is -2.24. The molecule has 0 saturated heterocycles. The summed E-state index contributed by atoms with van der Waals surface area (Å²) in [4.78, 5) is 23.7. The number of hydrogen-bond donors (Lipinski definition) is 2. The average Bonchev–Trinajstić information content (AvgIpc) is 3.03. The zero-order chi connectivity index (χ0) is 15.1. The highest BCUT2D eigenvalue weighted by atomic mass is 35.5. The quantitative estimate of drug-likeness (QED) is 0.844. The average molecular weight is 310 g/mol. The van der Waals surface area contributed by atoms with E-state index in [-0.39, 0.29) is 17.5 Å². The number of amides is 1. The number of anilines is 1. The number of carbonyl (C=O) groups excluding carboxylic acids is 1. The lowest BCUT2D eigenvalue weighted by atomic mass is 9.82. The number of benzene rings is 1. The van der Waals surface area contributed by atoms with Crippen molar-refractivity contribution in [3.8, 4) is 0 Å². The number of halogens is 2.